The van der Waals surface area contributed by atoms with Crippen LogP contribution in [0.5, 0.6) is 0 Å². The summed E-state index contributed by atoms with van der Waals surface area (Å²) < 4.78 is 10.9. The molecule has 0 heterocycles. The zero-order valence-electron chi connectivity index (χ0n) is 6.07. The Morgan fingerprint density at radius 2 is 2.18 bits per heavy atom. The smallest absolute Gasteiger partial charge is 0.187 e. The van der Waals surface area contributed by atoms with Crippen LogP contribution >= 0.6 is 12.6 Å². The third kappa shape index (κ3) is 2.13. The summed E-state index contributed by atoms with van der Waals surface area (Å²) >= 11 is 2.68. The van der Waals surface area contributed by atoms with Crippen LogP contribution in [-0.4, -0.2) is 4.55 Å². The molecule has 4 heteroatoms. The van der Waals surface area contributed by atoms with Gasteiger partial charge in [-0.05, 0) is 24.6 Å². The van der Waals surface area contributed by atoms with E-state index in [1.54, 1.807) is 12.1 Å². The van der Waals surface area contributed by atoms with Crippen molar-refractivity contribution in [3.63, 3.8) is 0 Å². The Balaban J connectivity index is 3.13. The molecule has 1 atom stereocenters. The van der Waals surface area contributed by atoms with E-state index in [1.807, 2.05) is 13.0 Å². The molecule has 1 aromatic rings. The van der Waals surface area contributed by atoms with Crippen molar-refractivity contribution in [1.82, 2.24) is 0 Å². The Bertz CT molecular complexity index is 263. The monoisotopic (exact) mass is 187 g/mol. The van der Waals surface area contributed by atoms with Crippen LogP contribution in [0.15, 0.2) is 28.0 Å². The molecular formula is C7H9NOS2. The number of nitrogens with two attached hydrogens (primary N) is 1. The van der Waals surface area contributed by atoms with Crippen LogP contribution < -0.4 is 5.14 Å². The minimum absolute atomic E-state index is 0.591. The highest BCUT2D eigenvalue weighted by atomic mass is 32.2. The highest BCUT2D eigenvalue weighted by molar-refractivity contribution is 7.90. The van der Waals surface area contributed by atoms with Gasteiger partial charge < -0.3 is 4.55 Å². The first kappa shape index (κ1) is 8.93. The highest BCUT2D eigenvalue weighted by Crippen LogP contribution is 2.18. The van der Waals surface area contributed by atoms with Gasteiger partial charge in [0.2, 0.25) is 0 Å². The lowest BCUT2D eigenvalue weighted by atomic mass is 10.2. The van der Waals surface area contributed by atoms with E-state index in [4.69, 9.17) is 5.14 Å². The number of benzene rings is 1. The Morgan fingerprint density at radius 1 is 1.55 bits per heavy atom. The number of hydrogen-bond donors (Lipinski definition) is 2. The van der Waals surface area contributed by atoms with Crippen LogP contribution in [0.1, 0.15) is 5.56 Å². The molecule has 1 unspecified atom stereocenters. The summed E-state index contributed by atoms with van der Waals surface area (Å²) in [7, 11) is 0. The maximum atomic E-state index is 10.9. The van der Waals surface area contributed by atoms with Gasteiger partial charge in [0.15, 0.2) is 4.90 Å². The van der Waals surface area contributed by atoms with Crippen LogP contribution in [-0.2, 0) is 11.4 Å². The Kier molecular flexibility index (Phi) is 2.84. The first-order valence-electron chi connectivity index (χ1n) is 3.07. The molecule has 0 aliphatic carbocycles. The first-order chi connectivity index (χ1) is 5.11. The van der Waals surface area contributed by atoms with Gasteiger partial charge in [-0.1, -0.05) is 6.07 Å². The predicted molar refractivity (Wildman–Crippen MR) is 49.0 cm³/mol. The average molecular weight is 187 g/mol. The van der Waals surface area contributed by atoms with Crippen molar-refractivity contribution < 1.29 is 4.55 Å². The molecule has 0 saturated carbocycles. The molecule has 2 nitrogen and oxygen atoms in total. The van der Waals surface area contributed by atoms with Gasteiger partial charge in [0.25, 0.3) is 0 Å². The van der Waals surface area contributed by atoms with Gasteiger partial charge in [-0.2, -0.15) is 0 Å². The van der Waals surface area contributed by atoms with Crippen LogP contribution in [0, 0.1) is 6.92 Å². The SMILES string of the molecule is Cc1ccc(S)c([S+](N)[O-])c1. The van der Waals surface area contributed by atoms with E-state index >= 15 is 0 Å². The molecule has 0 saturated heterocycles. The number of rotatable bonds is 1. The molecule has 2 N–H and O–H groups in total. The Hall–Kier alpha value is -0.160. The lowest BCUT2D eigenvalue weighted by molar-refractivity contribution is 0.594. The van der Waals surface area contributed by atoms with Crippen molar-refractivity contribution in [3.8, 4) is 0 Å². The fourth-order valence-corrected chi connectivity index (χ4v) is 1.77. The van der Waals surface area contributed by atoms with Crippen molar-refractivity contribution in [1.29, 1.82) is 0 Å². The summed E-state index contributed by atoms with van der Waals surface area (Å²) in [6.07, 6.45) is 0. The maximum absolute atomic E-state index is 10.9. The molecule has 0 amide bonds. The van der Waals surface area contributed by atoms with Crippen molar-refractivity contribution in [2.75, 3.05) is 0 Å². The maximum Gasteiger partial charge on any atom is 0.187 e. The number of hydrogen-bond acceptors (Lipinski definition) is 3. The van der Waals surface area contributed by atoms with E-state index < -0.39 is 11.4 Å². The number of thiol groups is 1. The highest BCUT2D eigenvalue weighted by Gasteiger charge is 2.09. The molecule has 60 valence electrons. The summed E-state index contributed by atoms with van der Waals surface area (Å²) in [6.45, 7) is 1.92. The molecule has 1 rings (SSSR count). The third-order valence-electron chi connectivity index (χ3n) is 1.33. The molecule has 0 fully saturated rings. The van der Waals surface area contributed by atoms with E-state index in [0.29, 0.717) is 9.79 Å². The van der Waals surface area contributed by atoms with Crippen molar-refractivity contribution in [2.45, 2.75) is 16.7 Å². The minimum atomic E-state index is -1.43. The fraction of sp³-hybridized carbons (Fsp3) is 0.143. The van der Waals surface area contributed by atoms with Gasteiger partial charge in [-0.15, -0.1) is 17.8 Å². The molecule has 1 aromatic carbocycles. The molecule has 0 radical (unpaired) electrons. The second-order valence-electron chi connectivity index (χ2n) is 2.27. The van der Waals surface area contributed by atoms with E-state index in [9.17, 15) is 4.55 Å². The Morgan fingerprint density at radius 3 is 2.64 bits per heavy atom. The summed E-state index contributed by atoms with van der Waals surface area (Å²) in [5.41, 5.74) is 1.04. The zero-order valence-corrected chi connectivity index (χ0v) is 7.78. The third-order valence-corrected chi connectivity index (χ3v) is 2.64. The first-order valence-corrected chi connectivity index (χ1v) is 4.73. The van der Waals surface area contributed by atoms with Gasteiger partial charge in [-0.25, -0.2) is 0 Å². The summed E-state index contributed by atoms with van der Waals surface area (Å²) in [5.74, 6) is 0. The van der Waals surface area contributed by atoms with E-state index in [0.717, 1.165) is 5.56 Å². The van der Waals surface area contributed by atoms with Crippen molar-refractivity contribution in [2.24, 2.45) is 5.14 Å². The quantitative estimate of drug-likeness (QED) is 0.514. The lowest BCUT2D eigenvalue weighted by Crippen LogP contribution is -2.13. The second-order valence-corrected chi connectivity index (χ2v) is 3.79. The molecular weight excluding hydrogens is 178 g/mol. The topological polar surface area (TPSA) is 49.1 Å². The lowest BCUT2D eigenvalue weighted by Gasteiger charge is -2.05. The van der Waals surface area contributed by atoms with Crippen molar-refractivity contribution in [3.05, 3.63) is 23.8 Å². The van der Waals surface area contributed by atoms with Gasteiger partial charge in [0.05, 0.1) is 16.3 Å². The molecule has 0 bridgehead atoms. The molecule has 0 aromatic heterocycles. The summed E-state index contributed by atoms with van der Waals surface area (Å²) in [4.78, 5) is 1.27. The fourth-order valence-electron chi connectivity index (χ4n) is 0.782. The predicted octanol–water partition coefficient (Wildman–Crippen LogP) is 1.27. The standard InChI is InChI=1S/C7H9NOS2/c1-5-2-3-6(10)7(4-5)11(8)9/h2-4,10H,8H2,1H3. The molecule has 0 aliphatic rings. The van der Waals surface area contributed by atoms with Crippen LogP contribution in [0.4, 0.5) is 0 Å². The van der Waals surface area contributed by atoms with Gasteiger partial charge in [-0.3, -0.25) is 0 Å². The van der Waals surface area contributed by atoms with Gasteiger partial charge in [0, 0.05) is 0 Å². The summed E-state index contributed by atoms with van der Waals surface area (Å²) in [6, 6.07) is 5.47. The summed E-state index contributed by atoms with van der Waals surface area (Å²) in [5, 5.41) is 5.21. The van der Waals surface area contributed by atoms with Crippen molar-refractivity contribution >= 4 is 24.0 Å². The van der Waals surface area contributed by atoms with Gasteiger partial charge in [0.1, 0.15) is 0 Å². The number of aryl methyl sites for hydroxylation is 1. The van der Waals surface area contributed by atoms with E-state index in [-0.39, 0.29) is 0 Å². The van der Waals surface area contributed by atoms with E-state index in [2.05, 4.69) is 12.6 Å². The minimum Gasteiger partial charge on any atom is -0.593 e. The molecule has 11 heavy (non-hydrogen) atoms. The second kappa shape index (κ2) is 3.49. The molecule has 0 aliphatic heterocycles. The van der Waals surface area contributed by atoms with Gasteiger partial charge >= 0.3 is 0 Å². The van der Waals surface area contributed by atoms with Crippen LogP contribution in [0.3, 0.4) is 0 Å². The average Bonchev–Trinajstić information content (AvgIpc) is 1.94. The molecule has 0 spiro atoms. The zero-order chi connectivity index (χ0) is 8.43. The Labute approximate surface area is 74.5 Å². The largest absolute Gasteiger partial charge is 0.593 e. The van der Waals surface area contributed by atoms with Crippen LogP contribution in [0.2, 0.25) is 0 Å². The normalized spacial score (nSPS) is 13.1. The van der Waals surface area contributed by atoms with Crippen LogP contribution in [0.25, 0.3) is 0 Å². The van der Waals surface area contributed by atoms with E-state index in [1.165, 1.54) is 0 Å².